The monoisotopic (exact) mass is 589 g/mol. The molecule has 4 aliphatic heterocycles. The van der Waals surface area contributed by atoms with E-state index in [0.717, 1.165) is 49.9 Å². The number of nitrogens with zero attached hydrogens (tertiary/aromatic N) is 1. The van der Waals surface area contributed by atoms with Crippen LogP contribution in [0.15, 0.2) is 16.6 Å². The molecule has 4 heterocycles. The number of esters is 1. The lowest BCUT2D eigenvalue weighted by Crippen LogP contribution is -2.73. The smallest absolute Gasteiger partial charge is 0.331 e. The van der Waals surface area contributed by atoms with Gasteiger partial charge in [0.1, 0.15) is 6.61 Å². The Bertz CT molecular complexity index is 1210. The fraction of sp³-hybridized carbons (Fsp3) is 0.871. The van der Waals surface area contributed by atoms with Crippen LogP contribution in [0.3, 0.4) is 0 Å². The van der Waals surface area contributed by atoms with Crippen LogP contribution in [0, 0.1) is 34.5 Å². The highest BCUT2D eigenvalue weighted by Gasteiger charge is 2.73. The summed E-state index contributed by atoms with van der Waals surface area (Å²) in [5, 5.41) is 36.2. The molecule has 0 aromatic rings. The second-order valence-electron chi connectivity index (χ2n) is 14.8. The third-order valence-electron chi connectivity index (χ3n) is 13.1. The van der Waals surface area contributed by atoms with Gasteiger partial charge in [0.25, 0.3) is 5.79 Å². The van der Waals surface area contributed by atoms with Crippen molar-refractivity contribution < 1.29 is 39.1 Å². The molecule has 0 aromatic heterocycles. The van der Waals surface area contributed by atoms with Crippen molar-refractivity contribution >= 4 is 23.9 Å². The molecule has 10 heteroatoms. The molecule has 41 heavy (non-hydrogen) atoms. The Labute approximate surface area is 245 Å². The van der Waals surface area contributed by atoms with Gasteiger partial charge in [-0.25, -0.2) is 4.79 Å². The minimum atomic E-state index is -1.66. The minimum Gasteiger partial charge on any atom is -0.458 e. The highest BCUT2D eigenvalue weighted by atomic mass is 32.2. The van der Waals surface area contributed by atoms with Crippen molar-refractivity contribution in [2.45, 2.75) is 119 Å². The molecule has 3 N–H and O–H groups in total. The van der Waals surface area contributed by atoms with E-state index in [1.807, 2.05) is 13.1 Å². The zero-order valence-corrected chi connectivity index (χ0v) is 25.0. The van der Waals surface area contributed by atoms with Crippen molar-refractivity contribution in [2.24, 2.45) is 39.5 Å². The van der Waals surface area contributed by atoms with Crippen LogP contribution in [0.25, 0.3) is 0 Å². The summed E-state index contributed by atoms with van der Waals surface area (Å²) >= 11 is 1.60. The summed E-state index contributed by atoms with van der Waals surface area (Å²) in [4.78, 5) is 15.8. The maximum Gasteiger partial charge on any atom is 0.331 e. The molecule has 4 saturated carbocycles. The zero-order valence-electron chi connectivity index (χ0n) is 24.2. The van der Waals surface area contributed by atoms with Crippen LogP contribution in [-0.2, 0) is 23.7 Å². The van der Waals surface area contributed by atoms with Gasteiger partial charge in [0.15, 0.2) is 4.87 Å². The average Bonchev–Trinajstić information content (AvgIpc) is 3.61. The molecule has 4 aliphatic carbocycles. The second kappa shape index (κ2) is 8.79. The standard InChI is InChI=1S/C31H43NO8S/c1-16-13-29(32-8-9-41-29)31(36)26(38-16)39-22-11-18-4-5-20-19(27(18,2)14-23(22)40-31)6-7-28(3)21(12-24(33)30(20,28)35)17-10-25(34)37-15-17/h8,10,16,18-24,26,33,35-36H,4-7,9,11-15H2,1-3H3/t16-,18+,19+,20-,21-,22-,23-,24-,26+,27+,28-,29+,30-,31-/m1/s1. The minimum absolute atomic E-state index is 0.0572. The molecule has 2 saturated heterocycles. The molecule has 1 spiro atoms. The molecule has 0 radical (unpaired) electrons. The average molecular weight is 590 g/mol. The van der Waals surface area contributed by atoms with Crippen molar-refractivity contribution in [3.63, 3.8) is 0 Å². The van der Waals surface area contributed by atoms with Crippen molar-refractivity contribution in [2.75, 3.05) is 12.4 Å². The SMILES string of the molecule is C[C@@H]1C[C@@]2(N=CCS2)[C@]2(O)O[C@@H]3C[C@@]4(C)[C@@H](CC[C@@H]5[C@@H]4CC[C@]4(C)[C@@H](C6=CC(=O)OC6)C[C@@H](O)[C@]54O)C[C@H]3O[C@@H]2O1. The Morgan fingerprint density at radius 3 is 2.61 bits per heavy atom. The van der Waals surface area contributed by atoms with E-state index in [1.165, 1.54) is 0 Å². The van der Waals surface area contributed by atoms with Crippen LogP contribution in [0.1, 0.15) is 72.1 Å². The summed E-state index contributed by atoms with van der Waals surface area (Å²) in [6.07, 6.45) is 7.20. The van der Waals surface area contributed by atoms with Gasteiger partial charge in [0.2, 0.25) is 6.29 Å². The number of ether oxygens (including phenoxy) is 4. The maximum atomic E-state index is 12.6. The highest BCUT2D eigenvalue weighted by Crippen LogP contribution is 2.70. The number of thioether (sulfide) groups is 1. The summed E-state index contributed by atoms with van der Waals surface area (Å²) in [5.41, 5.74) is -0.995. The number of cyclic esters (lactones) is 1. The number of fused-ring (bicyclic) bond motifs is 8. The van der Waals surface area contributed by atoms with E-state index in [-0.39, 0.29) is 54.1 Å². The lowest BCUT2D eigenvalue weighted by atomic mass is 9.42. The van der Waals surface area contributed by atoms with E-state index in [0.29, 0.717) is 18.8 Å². The van der Waals surface area contributed by atoms with Gasteiger partial charge < -0.3 is 34.3 Å². The molecule has 6 fully saturated rings. The molecule has 0 aromatic carbocycles. The Kier molecular flexibility index (Phi) is 5.91. The molecular weight excluding hydrogens is 546 g/mol. The van der Waals surface area contributed by atoms with Gasteiger partial charge in [-0.05, 0) is 86.5 Å². The van der Waals surface area contributed by atoms with E-state index < -0.39 is 34.1 Å². The van der Waals surface area contributed by atoms with Crippen LogP contribution in [0.2, 0.25) is 0 Å². The molecule has 0 amide bonds. The fourth-order valence-electron chi connectivity index (χ4n) is 11.1. The fourth-order valence-corrected chi connectivity index (χ4v) is 12.4. The van der Waals surface area contributed by atoms with Gasteiger partial charge in [-0.15, -0.1) is 11.8 Å². The lowest BCUT2D eigenvalue weighted by Gasteiger charge is -2.66. The summed E-state index contributed by atoms with van der Waals surface area (Å²) in [5.74, 6) is -0.810. The van der Waals surface area contributed by atoms with Crippen LogP contribution in [0.5, 0.6) is 0 Å². The zero-order chi connectivity index (χ0) is 28.6. The van der Waals surface area contributed by atoms with Crippen molar-refractivity contribution in [3.8, 4) is 0 Å². The number of aliphatic hydroxyl groups is 3. The molecule has 8 aliphatic rings. The number of hydrogen-bond acceptors (Lipinski definition) is 10. The molecular formula is C31H43NO8S. The molecule has 0 bridgehead atoms. The van der Waals surface area contributed by atoms with Crippen LogP contribution < -0.4 is 0 Å². The maximum absolute atomic E-state index is 12.6. The Balaban J connectivity index is 1.10. The molecule has 9 nitrogen and oxygen atoms in total. The number of carbonyl (C=O) groups is 1. The first-order valence-corrected chi connectivity index (χ1v) is 16.6. The summed E-state index contributed by atoms with van der Waals surface area (Å²) < 4.78 is 24.7. The topological polar surface area (TPSA) is 127 Å². The second-order valence-corrected chi connectivity index (χ2v) is 16.1. The highest BCUT2D eigenvalue weighted by molar-refractivity contribution is 8.01. The molecule has 8 rings (SSSR count). The Morgan fingerprint density at radius 2 is 1.88 bits per heavy atom. The predicted octanol–water partition coefficient (Wildman–Crippen LogP) is 2.95. The van der Waals surface area contributed by atoms with Gasteiger partial charge in [-0.1, -0.05) is 13.8 Å². The Morgan fingerprint density at radius 1 is 1.05 bits per heavy atom. The van der Waals surface area contributed by atoms with Gasteiger partial charge >= 0.3 is 5.97 Å². The van der Waals surface area contributed by atoms with Crippen LogP contribution >= 0.6 is 11.8 Å². The summed E-state index contributed by atoms with van der Waals surface area (Å²) in [7, 11) is 0. The van der Waals surface area contributed by atoms with Crippen molar-refractivity contribution in [3.05, 3.63) is 11.6 Å². The number of carbonyl (C=O) groups excluding carboxylic acids is 1. The van der Waals surface area contributed by atoms with Gasteiger partial charge in [0.05, 0.1) is 30.0 Å². The van der Waals surface area contributed by atoms with Crippen LogP contribution in [0.4, 0.5) is 0 Å². The van der Waals surface area contributed by atoms with E-state index in [4.69, 9.17) is 23.9 Å². The predicted molar refractivity (Wildman–Crippen MR) is 150 cm³/mol. The van der Waals surface area contributed by atoms with Crippen LogP contribution in [-0.4, -0.2) is 86.8 Å². The van der Waals surface area contributed by atoms with E-state index in [2.05, 4.69) is 13.8 Å². The summed E-state index contributed by atoms with van der Waals surface area (Å²) in [6, 6.07) is 0. The largest absolute Gasteiger partial charge is 0.458 e. The van der Waals surface area contributed by atoms with Gasteiger partial charge in [0, 0.05) is 29.9 Å². The molecule has 226 valence electrons. The van der Waals surface area contributed by atoms with Crippen molar-refractivity contribution in [1.82, 2.24) is 0 Å². The number of aliphatic hydroxyl groups excluding tert-OH is 1. The summed E-state index contributed by atoms with van der Waals surface area (Å²) in [6.45, 7) is 6.73. The first-order chi connectivity index (χ1) is 19.4. The number of hydrogen-bond donors (Lipinski definition) is 3. The number of aliphatic imine (C=N–C) groups is 1. The lowest BCUT2D eigenvalue weighted by molar-refractivity contribution is -0.446. The first kappa shape index (κ1) is 27.5. The van der Waals surface area contributed by atoms with Crippen molar-refractivity contribution in [1.29, 1.82) is 0 Å². The first-order valence-electron chi connectivity index (χ1n) is 15.6. The third kappa shape index (κ3) is 3.41. The molecule has 14 atom stereocenters. The van der Waals surface area contributed by atoms with Gasteiger partial charge in [-0.3, -0.25) is 4.99 Å². The van der Waals surface area contributed by atoms with E-state index >= 15 is 0 Å². The van der Waals surface area contributed by atoms with E-state index in [9.17, 15) is 20.1 Å². The number of rotatable bonds is 1. The Hall–Kier alpha value is -1.01. The molecule has 0 unspecified atom stereocenters. The quantitative estimate of drug-likeness (QED) is 0.313. The normalized spacial score (nSPS) is 59.1. The third-order valence-corrected chi connectivity index (χ3v) is 14.5. The van der Waals surface area contributed by atoms with Gasteiger partial charge in [-0.2, -0.15) is 0 Å². The van der Waals surface area contributed by atoms with E-state index in [1.54, 1.807) is 17.8 Å².